The number of ether oxygens (including phenoxy) is 1. The minimum atomic E-state index is -3.68. The maximum Gasteiger partial charge on any atom is 0.306 e. The molecule has 0 aliphatic carbocycles. The van der Waals surface area contributed by atoms with E-state index in [9.17, 15) is 13.2 Å². The lowest BCUT2D eigenvalue weighted by molar-refractivity contribution is -0.140. The van der Waals surface area contributed by atoms with Gasteiger partial charge in [-0.15, -0.1) is 0 Å². The zero-order valence-corrected chi connectivity index (χ0v) is 16.0. The summed E-state index contributed by atoms with van der Waals surface area (Å²) in [4.78, 5) is 11.4. The van der Waals surface area contributed by atoms with Crippen molar-refractivity contribution in [3.63, 3.8) is 0 Å². The lowest BCUT2D eigenvalue weighted by atomic mass is 10.2. The first-order chi connectivity index (χ1) is 9.73. The van der Waals surface area contributed by atoms with Gasteiger partial charge < -0.3 is 4.74 Å². The van der Waals surface area contributed by atoms with Crippen LogP contribution in [0.15, 0.2) is 26.0 Å². The van der Waals surface area contributed by atoms with Gasteiger partial charge in [0.15, 0.2) is 0 Å². The molecule has 0 radical (unpaired) electrons. The maximum atomic E-state index is 12.7. The third kappa shape index (κ3) is 4.51. The number of carbonyl (C=O) groups excluding carboxylic acids is 1. The summed E-state index contributed by atoms with van der Waals surface area (Å²) in [5.74, 6) is -0.437. The Morgan fingerprint density at radius 2 is 1.90 bits per heavy atom. The molecule has 118 valence electrons. The van der Waals surface area contributed by atoms with Crippen molar-refractivity contribution in [2.24, 2.45) is 0 Å². The molecule has 1 aromatic carbocycles. The number of benzene rings is 1. The monoisotopic (exact) mass is 441 g/mol. The van der Waals surface area contributed by atoms with Gasteiger partial charge in [-0.05, 0) is 40.5 Å². The summed E-state index contributed by atoms with van der Waals surface area (Å²) < 4.78 is 32.4. The molecule has 0 amide bonds. The van der Waals surface area contributed by atoms with Crippen molar-refractivity contribution < 1.29 is 17.9 Å². The van der Waals surface area contributed by atoms with E-state index in [1.807, 2.05) is 6.92 Å². The fourth-order valence-corrected chi connectivity index (χ4v) is 4.82. The molecule has 0 saturated carbocycles. The van der Waals surface area contributed by atoms with E-state index in [0.29, 0.717) is 8.95 Å². The third-order valence-corrected chi connectivity index (χ3v) is 6.76. The molecular weight excluding hydrogens is 426 g/mol. The van der Waals surface area contributed by atoms with Crippen molar-refractivity contribution in [3.8, 4) is 0 Å². The SMILES string of the molecule is CCN(CCC(=O)OC)S(=O)(=O)c1cc(Br)c(C)cc1Br. The number of sulfonamides is 1. The Hall–Kier alpha value is -0.440. The number of aryl methyl sites for hydroxylation is 1. The van der Waals surface area contributed by atoms with Gasteiger partial charge in [-0.2, -0.15) is 4.31 Å². The zero-order chi connectivity index (χ0) is 16.2. The number of nitrogens with zero attached hydrogens (tertiary/aromatic N) is 1. The molecule has 1 rings (SSSR count). The van der Waals surface area contributed by atoms with Crippen LogP contribution in [0.25, 0.3) is 0 Å². The predicted octanol–water partition coefficient (Wildman–Crippen LogP) is 3.09. The van der Waals surface area contributed by atoms with Crippen LogP contribution in [-0.2, 0) is 19.6 Å². The van der Waals surface area contributed by atoms with Crippen LogP contribution in [-0.4, -0.2) is 38.9 Å². The summed E-state index contributed by atoms with van der Waals surface area (Å²) >= 11 is 6.63. The first-order valence-corrected chi connectivity index (χ1v) is 9.29. The van der Waals surface area contributed by atoms with E-state index in [2.05, 4.69) is 36.6 Å². The van der Waals surface area contributed by atoms with Crippen molar-refractivity contribution in [3.05, 3.63) is 26.6 Å². The summed E-state index contributed by atoms with van der Waals surface area (Å²) in [5, 5.41) is 0. The Bertz CT molecular complexity index is 631. The van der Waals surface area contributed by atoms with Crippen LogP contribution < -0.4 is 0 Å². The fourth-order valence-electron chi connectivity index (χ4n) is 1.73. The second-order valence-corrected chi connectivity index (χ2v) is 7.97. The van der Waals surface area contributed by atoms with E-state index in [1.165, 1.54) is 11.4 Å². The van der Waals surface area contributed by atoms with Crippen molar-refractivity contribution in [1.82, 2.24) is 4.31 Å². The second-order valence-electron chi connectivity index (χ2n) is 4.35. The van der Waals surface area contributed by atoms with Crippen LogP contribution in [0.4, 0.5) is 0 Å². The molecule has 0 atom stereocenters. The molecule has 0 fully saturated rings. The molecule has 1 aromatic rings. The Balaban J connectivity index is 3.13. The summed E-state index contributed by atoms with van der Waals surface area (Å²) in [6.07, 6.45) is 0.0220. The van der Waals surface area contributed by atoms with E-state index in [1.54, 1.807) is 19.1 Å². The Labute approximate surface area is 142 Å². The van der Waals surface area contributed by atoms with Gasteiger partial charge in [0, 0.05) is 22.0 Å². The first-order valence-electron chi connectivity index (χ1n) is 6.26. The molecule has 0 N–H and O–H groups in total. The zero-order valence-electron chi connectivity index (χ0n) is 12.0. The number of esters is 1. The van der Waals surface area contributed by atoms with Gasteiger partial charge >= 0.3 is 5.97 Å². The first kappa shape index (κ1) is 18.6. The van der Waals surface area contributed by atoms with Crippen LogP contribution in [0.2, 0.25) is 0 Å². The highest BCUT2D eigenvalue weighted by Crippen LogP contribution is 2.30. The highest BCUT2D eigenvalue weighted by molar-refractivity contribution is 9.11. The Morgan fingerprint density at radius 3 is 2.43 bits per heavy atom. The lowest BCUT2D eigenvalue weighted by Crippen LogP contribution is -2.33. The van der Waals surface area contributed by atoms with Crippen molar-refractivity contribution >= 4 is 47.9 Å². The largest absolute Gasteiger partial charge is 0.469 e. The van der Waals surface area contributed by atoms with E-state index in [0.717, 1.165) is 5.56 Å². The quantitative estimate of drug-likeness (QED) is 0.635. The van der Waals surface area contributed by atoms with Crippen LogP contribution in [0.1, 0.15) is 18.9 Å². The highest BCUT2D eigenvalue weighted by Gasteiger charge is 2.26. The van der Waals surface area contributed by atoms with E-state index < -0.39 is 16.0 Å². The summed E-state index contributed by atoms with van der Waals surface area (Å²) in [7, 11) is -2.40. The fraction of sp³-hybridized carbons (Fsp3) is 0.462. The van der Waals surface area contributed by atoms with Crippen LogP contribution in [0, 0.1) is 6.92 Å². The van der Waals surface area contributed by atoms with Crippen LogP contribution >= 0.6 is 31.9 Å². The molecule has 5 nitrogen and oxygen atoms in total. The molecule has 0 spiro atoms. The molecule has 0 saturated heterocycles. The number of methoxy groups -OCH3 is 1. The minimum absolute atomic E-state index is 0.0220. The average molecular weight is 443 g/mol. The molecule has 21 heavy (non-hydrogen) atoms. The number of halogens is 2. The minimum Gasteiger partial charge on any atom is -0.469 e. The number of hydrogen-bond acceptors (Lipinski definition) is 4. The lowest BCUT2D eigenvalue weighted by Gasteiger charge is -2.21. The topological polar surface area (TPSA) is 63.7 Å². The van der Waals surface area contributed by atoms with Gasteiger partial charge in [0.25, 0.3) is 0 Å². The van der Waals surface area contributed by atoms with E-state index >= 15 is 0 Å². The molecule has 0 aromatic heterocycles. The van der Waals surface area contributed by atoms with Gasteiger partial charge in [-0.1, -0.05) is 22.9 Å². The molecular formula is C13H17Br2NO4S. The summed E-state index contributed by atoms with van der Waals surface area (Å²) in [5.41, 5.74) is 0.929. The Kier molecular flexibility index (Phi) is 6.83. The molecule has 0 heterocycles. The van der Waals surface area contributed by atoms with E-state index in [4.69, 9.17) is 0 Å². The van der Waals surface area contributed by atoms with Gasteiger partial charge in [0.05, 0.1) is 18.4 Å². The van der Waals surface area contributed by atoms with Gasteiger partial charge in [-0.25, -0.2) is 8.42 Å². The standard InChI is InChI=1S/C13H17Br2NO4S/c1-4-16(6-5-13(17)20-3)21(18,19)12-8-10(14)9(2)7-11(12)15/h7-8H,4-6H2,1-3H3. The average Bonchev–Trinajstić information content (AvgIpc) is 2.42. The molecule has 0 aliphatic rings. The Morgan fingerprint density at radius 1 is 1.29 bits per heavy atom. The normalized spacial score (nSPS) is 11.7. The predicted molar refractivity (Wildman–Crippen MR) is 87.6 cm³/mol. The summed E-state index contributed by atoms with van der Waals surface area (Å²) in [6.45, 7) is 3.97. The second kappa shape index (κ2) is 7.71. The maximum absolute atomic E-state index is 12.7. The summed E-state index contributed by atoms with van der Waals surface area (Å²) in [6, 6.07) is 3.31. The van der Waals surface area contributed by atoms with Crippen molar-refractivity contribution in [2.75, 3.05) is 20.2 Å². The van der Waals surface area contributed by atoms with Gasteiger partial charge in [0.2, 0.25) is 10.0 Å². The molecule has 0 bridgehead atoms. The van der Waals surface area contributed by atoms with Gasteiger partial charge in [0.1, 0.15) is 0 Å². The van der Waals surface area contributed by atoms with Crippen molar-refractivity contribution in [1.29, 1.82) is 0 Å². The molecule has 0 unspecified atom stereocenters. The smallest absolute Gasteiger partial charge is 0.306 e. The number of hydrogen-bond donors (Lipinski definition) is 0. The molecule has 0 aliphatic heterocycles. The molecule has 8 heteroatoms. The van der Waals surface area contributed by atoms with E-state index in [-0.39, 0.29) is 24.4 Å². The highest BCUT2D eigenvalue weighted by atomic mass is 79.9. The number of carbonyl (C=O) groups is 1. The van der Waals surface area contributed by atoms with Crippen LogP contribution in [0.5, 0.6) is 0 Å². The van der Waals surface area contributed by atoms with Gasteiger partial charge in [-0.3, -0.25) is 4.79 Å². The van der Waals surface area contributed by atoms with Crippen molar-refractivity contribution in [2.45, 2.75) is 25.2 Å². The third-order valence-electron chi connectivity index (χ3n) is 2.98. The van der Waals surface area contributed by atoms with Crippen LogP contribution in [0.3, 0.4) is 0 Å². The number of rotatable bonds is 6.